The topological polar surface area (TPSA) is 168 Å². The molecule has 0 aromatic heterocycles. The van der Waals surface area contributed by atoms with Crippen molar-refractivity contribution in [2.24, 2.45) is 27.7 Å². The Balaban J connectivity index is 2.73. The predicted molar refractivity (Wildman–Crippen MR) is 111 cm³/mol. The van der Waals surface area contributed by atoms with Crippen LogP contribution in [0.15, 0.2) is 0 Å². The summed E-state index contributed by atoms with van der Waals surface area (Å²) >= 11 is 0. The first-order chi connectivity index (χ1) is 14.0. The SMILES string of the molecule is CC[C@@]1(C(N)=O)CC[C@H]1N(OS(=O)(=O)OCC(C)(C)CCOC(=O)C(C)(C)C)C(N)=O. The van der Waals surface area contributed by atoms with Crippen LogP contribution in [-0.2, 0) is 33.2 Å². The van der Waals surface area contributed by atoms with Gasteiger partial charge in [0.1, 0.15) is 0 Å². The number of nitrogens with zero attached hydrogens (tertiary/aromatic N) is 1. The summed E-state index contributed by atoms with van der Waals surface area (Å²) in [5.41, 5.74) is 8.29. The Labute approximate surface area is 184 Å². The van der Waals surface area contributed by atoms with Gasteiger partial charge in [-0.15, -0.1) is 4.28 Å². The molecular formula is C19H35N3O8S. The third kappa shape index (κ3) is 7.04. The summed E-state index contributed by atoms with van der Waals surface area (Å²) in [5.74, 6) is -1.03. The van der Waals surface area contributed by atoms with E-state index in [9.17, 15) is 22.8 Å². The molecule has 0 heterocycles. The zero-order valence-electron chi connectivity index (χ0n) is 19.1. The molecule has 1 fully saturated rings. The summed E-state index contributed by atoms with van der Waals surface area (Å²) in [6.07, 6.45) is 1.31. The molecule has 0 unspecified atom stereocenters. The molecule has 1 aliphatic rings. The average molecular weight is 466 g/mol. The normalized spacial score (nSPS) is 21.8. The molecular weight excluding hydrogens is 430 g/mol. The van der Waals surface area contributed by atoms with E-state index in [2.05, 4.69) is 0 Å². The van der Waals surface area contributed by atoms with E-state index in [1.54, 1.807) is 41.5 Å². The second-order valence-electron chi connectivity index (χ2n) is 9.64. The van der Waals surface area contributed by atoms with Crippen molar-refractivity contribution < 1.29 is 36.0 Å². The van der Waals surface area contributed by atoms with Gasteiger partial charge in [0, 0.05) is 0 Å². The first kappa shape index (κ1) is 27.1. The first-order valence-electron chi connectivity index (χ1n) is 10.1. The van der Waals surface area contributed by atoms with Crippen molar-refractivity contribution >= 4 is 28.3 Å². The lowest BCUT2D eigenvalue weighted by Gasteiger charge is -2.49. The van der Waals surface area contributed by atoms with Crippen LogP contribution in [0.3, 0.4) is 0 Å². The minimum absolute atomic E-state index is 0.0838. The molecule has 1 aliphatic carbocycles. The number of hydrogen-bond donors (Lipinski definition) is 2. The van der Waals surface area contributed by atoms with Crippen molar-refractivity contribution in [3.8, 4) is 0 Å². The maximum atomic E-state index is 12.3. The van der Waals surface area contributed by atoms with Crippen molar-refractivity contribution in [1.82, 2.24) is 5.06 Å². The fourth-order valence-electron chi connectivity index (χ4n) is 3.14. The van der Waals surface area contributed by atoms with Crippen molar-refractivity contribution in [3.63, 3.8) is 0 Å². The van der Waals surface area contributed by atoms with Gasteiger partial charge in [-0.3, -0.25) is 9.59 Å². The van der Waals surface area contributed by atoms with Crippen LogP contribution in [0.2, 0.25) is 0 Å². The number of nitrogens with two attached hydrogens (primary N) is 2. The number of hydroxylamine groups is 2. The maximum Gasteiger partial charge on any atom is 0.421 e. The summed E-state index contributed by atoms with van der Waals surface area (Å²) < 4.78 is 39.6. The second-order valence-corrected chi connectivity index (χ2v) is 10.8. The molecule has 0 saturated heterocycles. The van der Waals surface area contributed by atoms with Gasteiger partial charge in [-0.05, 0) is 51.9 Å². The Morgan fingerprint density at radius 3 is 2.10 bits per heavy atom. The third-order valence-electron chi connectivity index (χ3n) is 5.51. The van der Waals surface area contributed by atoms with Gasteiger partial charge in [-0.1, -0.05) is 20.8 Å². The Morgan fingerprint density at radius 2 is 1.71 bits per heavy atom. The van der Waals surface area contributed by atoms with Crippen molar-refractivity contribution in [2.45, 2.75) is 73.3 Å². The molecule has 2 atom stereocenters. The number of amides is 3. The van der Waals surface area contributed by atoms with Gasteiger partial charge < -0.3 is 16.2 Å². The quantitative estimate of drug-likeness (QED) is 0.342. The molecule has 0 aromatic carbocycles. The number of urea groups is 1. The van der Waals surface area contributed by atoms with Crippen LogP contribution in [0.5, 0.6) is 0 Å². The Kier molecular flexibility index (Phi) is 8.48. The molecule has 4 N–H and O–H groups in total. The lowest BCUT2D eigenvalue weighted by molar-refractivity contribution is -0.162. The Morgan fingerprint density at radius 1 is 1.13 bits per heavy atom. The van der Waals surface area contributed by atoms with Crippen molar-refractivity contribution in [1.29, 1.82) is 0 Å². The van der Waals surface area contributed by atoms with E-state index in [0.29, 0.717) is 30.7 Å². The van der Waals surface area contributed by atoms with Crippen LogP contribution in [0.25, 0.3) is 0 Å². The number of rotatable bonds is 11. The highest BCUT2D eigenvalue weighted by Gasteiger charge is 2.55. The van der Waals surface area contributed by atoms with Crippen LogP contribution >= 0.6 is 0 Å². The van der Waals surface area contributed by atoms with E-state index in [1.807, 2.05) is 0 Å². The molecule has 12 heteroatoms. The fourth-order valence-corrected chi connectivity index (χ4v) is 4.02. The molecule has 0 radical (unpaired) electrons. The van der Waals surface area contributed by atoms with Crippen LogP contribution in [0.1, 0.15) is 67.2 Å². The summed E-state index contributed by atoms with van der Waals surface area (Å²) in [4.78, 5) is 35.5. The number of esters is 1. The van der Waals surface area contributed by atoms with E-state index in [4.69, 9.17) is 24.7 Å². The highest BCUT2D eigenvalue weighted by atomic mass is 32.3. The number of primary amides is 2. The van der Waals surface area contributed by atoms with Gasteiger partial charge >= 0.3 is 22.4 Å². The van der Waals surface area contributed by atoms with Gasteiger partial charge in [0.05, 0.1) is 30.1 Å². The van der Waals surface area contributed by atoms with Crippen LogP contribution < -0.4 is 11.5 Å². The maximum absolute atomic E-state index is 12.3. The minimum Gasteiger partial charge on any atom is -0.465 e. The standard InChI is InChI=1S/C19H35N3O8S/c1-7-19(14(20)23)9-8-13(19)22(16(21)25)30-31(26,27)29-12-18(5,6)10-11-28-15(24)17(2,3)4/h13H,7-12H2,1-6H3,(H2,20,23)(H2,21,25)/t13-,19-/m1/s1. The molecule has 0 bridgehead atoms. The molecule has 0 spiro atoms. The highest BCUT2D eigenvalue weighted by molar-refractivity contribution is 7.81. The fraction of sp³-hybridized carbons (Fsp3) is 0.842. The van der Waals surface area contributed by atoms with Gasteiger partial charge in [-0.2, -0.15) is 13.5 Å². The minimum atomic E-state index is -4.66. The van der Waals surface area contributed by atoms with E-state index >= 15 is 0 Å². The second kappa shape index (κ2) is 9.70. The van der Waals surface area contributed by atoms with E-state index in [0.717, 1.165) is 0 Å². The Hall–Kier alpha value is -1.92. The van der Waals surface area contributed by atoms with Gasteiger partial charge in [0.25, 0.3) is 0 Å². The molecule has 1 saturated carbocycles. The highest BCUT2D eigenvalue weighted by Crippen LogP contribution is 2.47. The van der Waals surface area contributed by atoms with Gasteiger partial charge in [0.2, 0.25) is 5.91 Å². The summed E-state index contributed by atoms with van der Waals surface area (Å²) in [7, 11) is -4.66. The molecule has 3 amide bonds. The number of ether oxygens (including phenoxy) is 1. The zero-order chi connectivity index (χ0) is 24.3. The van der Waals surface area contributed by atoms with Crippen LogP contribution in [-0.4, -0.2) is 50.6 Å². The van der Waals surface area contributed by atoms with E-state index in [1.165, 1.54) is 0 Å². The lowest BCUT2D eigenvalue weighted by atomic mass is 9.62. The Bertz CT molecular complexity index is 786. The van der Waals surface area contributed by atoms with E-state index < -0.39 is 44.6 Å². The third-order valence-corrected chi connectivity index (χ3v) is 6.26. The molecule has 0 aliphatic heterocycles. The average Bonchev–Trinajstić information content (AvgIpc) is 2.58. The summed E-state index contributed by atoms with van der Waals surface area (Å²) in [6.45, 7) is 10.1. The predicted octanol–water partition coefficient (Wildman–Crippen LogP) is 1.61. The van der Waals surface area contributed by atoms with Crippen LogP contribution in [0, 0.1) is 16.2 Å². The number of carbonyl (C=O) groups excluding carboxylic acids is 3. The molecule has 31 heavy (non-hydrogen) atoms. The van der Waals surface area contributed by atoms with Gasteiger partial charge in [0.15, 0.2) is 0 Å². The van der Waals surface area contributed by atoms with Crippen molar-refractivity contribution in [2.75, 3.05) is 13.2 Å². The molecule has 1 rings (SSSR count). The van der Waals surface area contributed by atoms with E-state index in [-0.39, 0.29) is 19.2 Å². The van der Waals surface area contributed by atoms with Crippen molar-refractivity contribution in [3.05, 3.63) is 0 Å². The monoisotopic (exact) mass is 465 g/mol. The van der Waals surface area contributed by atoms with Crippen LogP contribution in [0.4, 0.5) is 4.79 Å². The number of carbonyl (C=O) groups is 3. The lowest BCUT2D eigenvalue weighted by Crippen LogP contribution is -2.63. The smallest absolute Gasteiger partial charge is 0.421 e. The molecule has 0 aromatic rings. The zero-order valence-corrected chi connectivity index (χ0v) is 19.9. The molecule has 180 valence electrons. The largest absolute Gasteiger partial charge is 0.465 e. The number of hydrogen-bond acceptors (Lipinski definition) is 8. The molecule has 11 nitrogen and oxygen atoms in total. The summed E-state index contributed by atoms with van der Waals surface area (Å²) in [6, 6.07) is -2.08. The summed E-state index contributed by atoms with van der Waals surface area (Å²) in [5, 5.41) is 0.450. The van der Waals surface area contributed by atoms with Gasteiger partial charge in [-0.25, -0.2) is 8.98 Å². The first-order valence-corrected chi connectivity index (χ1v) is 11.5.